The molecule has 0 radical (unpaired) electrons. The Balaban J connectivity index is 1.98. The van der Waals surface area contributed by atoms with Crippen molar-refractivity contribution in [1.29, 1.82) is 0 Å². The highest BCUT2D eigenvalue weighted by Crippen LogP contribution is 2.27. The smallest absolute Gasteiger partial charge is 0.246 e. The van der Waals surface area contributed by atoms with Gasteiger partial charge in [0.2, 0.25) is 15.9 Å². The molecule has 0 bridgehead atoms. The Hall–Kier alpha value is -2.39. The maximum atomic E-state index is 13.0. The second-order valence-electron chi connectivity index (χ2n) is 5.37. The first-order valence-corrected chi connectivity index (χ1v) is 8.79. The predicted molar refractivity (Wildman–Crippen MR) is 85.9 cm³/mol. The molecule has 24 heavy (non-hydrogen) atoms. The number of nitrogens with one attached hydrogen (secondary N) is 1. The Morgan fingerprint density at radius 3 is 2.88 bits per heavy atom. The summed E-state index contributed by atoms with van der Waals surface area (Å²) in [6, 6.07) is 7.29. The first kappa shape index (κ1) is 16.5. The molecule has 3 rings (SSSR count). The summed E-state index contributed by atoms with van der Waals surface area (Å²) in [6.07, 6.45) is 1.56. The lowest BCUT2D eigenvalue weighted by atomic mass is 10.2. The standard InChI is InChI=1S/C15H18N4O4S/c1-16-15(20)14-10-18(9-11-6-7-17-19(11)14)24(21,22)13-5-3-4-12(8-13)23-2/h3-8,14H,9-10H2,1-2H3,(H,16,20)/t14-/m0/s1. The minimum absolute atomic E-state index is 0.0217. The van der Waals surface area contributed by atoms with Crippen molar-refractivity contribution in [1.82, 2.24) is 19.4 Å². The van der Waals surface area contributed by atoms with E-state index in [9.17, 15) is 13.2 Å². The van der Waals surface area contributed by atoms with Gasteiger partial charge in [0.15, 0.2) is 0 Å². The summed E-state index contributed by atoms with van der Waals surface area (Å²) in [5, 5.41) is 6.69. The Labute approximate surface area is 140 Å². The maximum absolute atomic E-state index is 13.0. The molecular formula is C15H18N4O4S. The van der Waals surface area contributed by atoms with Gasteiger partial charge in [-0.3, -0.25) is 9.48 Å². The van der Waals surface area contributed by atoms with Crippen molar-refractivity contribution < 1.29 is 17.9 Å². The number of fused-ring (bicyclic) bond motifs is 1. The van der Waals surface area contributed by atoms with Crippen LogP contribution in [-0.4, -0.2) is 49.1 Å². The van der Waals surface area contributed by atoms with Gasteiger partial charge in [0.25, 0.3) is 0 Å². The normalized spacial score (nSPS) is 18.0. The summed E-state index contributed by atoms with van der Waals surface area (Å²) in [4.78, 5) is 12.3. The highest BCUT2D eigenvalue weighted by Gasteiger charge is 2.36. The summed E-state index contributed by atoms with van der Waals surface area (Å²) < 4.78 is 33.9. The third-order valence-corrected chi connectivity index (χ3v) is 5.80. The van der Waals surface area contributed by atoms with Gasteiger partial charge in [-0.2, -0.15) is 9.40 Å². The number of methoxy groups -OCH3 is 1. The van der Waals surface area contributed by atoms with E-state index >= 15 is 0 Å². The van der Waals surface area contributed by atoms with E-state index in [4.69, 9.17) is 4.74 Å². The fraction of sp³-hybridized carbons (Fsp3) is 0.333. The van der Waals surface area contributed by atoms with Gasteiger partial charge in [0.1, 0.15) is 11.8 Å². The topological polar surface area (TPSA) is 93.5 Å². The van der Waals surface area contributed by atoms with Crippen molar-refractivity contribution in [2.75, 3.05) is 20.7 Å². The first-order valence-electron chi connectivity index (χ1n) is 7.35. The molecule has 0 fully saturated rings. The van der Waals surface area contributed by atoms with Crippen LogP contribution in [0.15, 0.2) is 41.4 Å². The zero-order valence-corrected chi connectivity index (χ0v) is 14.2. The van der Waals surface area contributed by atoms with E-state index < -0.39 is 16.1 Å². The molecule has 9 heteroatoms. The molecule has 0 spiro atoms. The molecule has 1 aliphatic heterocycles. The summed E-state index contributed by atoms with van der Waals surface area (Å²) in [5.74, 6) is 0.173. The van der Waals surface area contributed by atoms with E-state index in [1.165, 1.54) is 30.6 Å². The van der Waals surface area contributed by atoms with E-state index in [-0.39, 0.29) is 23.9 Å². The van der Waals surface area contributed by atoms with Gasteiger partial charge >= 0.3 is 0 Å². The predicted octanol–water partition coefficient (Wildman–Crippen LogP) is 0.383. The van der Waals surface area contributed by atoms with E-state index in [0.29, 0.717) is 11.4 Å². The number of aromatic nitrogens is 2. The lowest BCUT2D eigenvalue weighted by Gasteiger charge is -2.32. The average Bonchev–Trinajstić information content (AvgIpc) is 3.08. The SMILES string of the molecule is CNC(=O)[C@@H]1CN(S(=O)(=O)c2cccc(OC)c2)Cc2ccnn21. The number of nitrogens with zero attached hydrogens (tertiary/aromatic N) is 3. The highest BCUT2D eigenvalue weighted by molar-refractivity contribution is 7.89. The van der Waals surface area contributed by atoms with Crippen LogP contribution in [0.2, 0.25) is 0 Å². The van der Waals surface area contributed by atoms with Crippen LogP contribution in [0, 0.1) is 0 Å². The van der Waals surface area contributed by atoms with Crippen LogP contribution < -0.4 is 10.1 Å². The van der Waals surface area contributed by atoms with Gasteiger partial charge in [-0.15, -0.1) is 0 Å². The molecule has 1 atom stereocenters. The molecule has 8 nitrogen and oxygen atoms in total. The lowest BCUT2D eigenvalue weighted by molar-refractivity contribution is -0.124. The first-order chi connectivity index (χ1) is 11.5. The Kier molecular flexibility index (Phi) is 4.29. The van der Waals surface area contributed by atoms with Gasteiger partial charge in [-0.05, 0) is 18.2 Å². The van der Waals surface area contributed by atoms with Crippen LogP contribution in [0.1, 0.15) is 11.7 Å². The molecule has 0 saturated heterocycles. The third-order valence-electron chi connectivity index (χ3n) is 3.99. The molecule has 0 unspecified atom stereocenters. The van der Waals surface area contributed by atoms with Crippen LogP contribution in [0.5, 0.6) is 5.75 Å². The zero-order chi connectivity index (χ0) is 17.3. The van der Waals surface area contributed by atoms with E-state index in [1.807, 2.05) is 0 Å². The number of hydrogen-bond donors (Lipinski definition) is 1. The number of carbonyl (C=O) groups is 1. The largest absolute Gasteiger partial charge is 0.497 e. The van der Waals surface area contributed by atoms with Gasteiger partial charge in [0, 0.05) is 25.9 Å². The lowest BCUT2D eigenvalue weighted by Crippen LogP contribution is -2.46. The Morgan fingerprint density at radius 2 is 2.17 bits per heavy atom. The Morgan fingerprint density at radius 1 is 1.38 bits per heavy atom. The molecule has 1 amide bonds. The number of hydrogen-bond acceptors (Lipinski definition) is 5. The summed E-state index contributed by atoms with van der Waals surface area (Å²) in [7, 11) is -0.764. The number of ether oxygens (including phenoxy) is 1. The van der Waals surface area contributed by atoms with E-state index in [1.54, 1.807) is 29.1 Å². The molecule has 128 valence electrons. The van der Waals surface area contributed by atoms with Crippen molar-refractivity contribution in [3.63, 3.8) is 0 Å². The molecule has 0 saturated carbocycles. The number of likely N-dealkylation sites (N-methyl/N-ethyl adjacent to an activating group) is 1. The van der Waals surface area contributed by atoms with Gasteiger partial charge in [-0.25, -0.2) is 8.42 Å². The summed E-state index contributed by atoms with van der Waals surface area (Å²) in [6.45, 7) is 0.181. The monoisotopic (exact) mass is 350 g/mol. The van der Waals surface area contributed by atoms with E-state index in [0.717, 1.165) is 0 Å². The van der Waals surface area contributed by atoms with Crippen molar-refractivity contribution in [2.45, 2.75) is 17.5 Å². The molecule has 1 aliphatic rings. The van der Waals surface area contributed by atoms with Crippen molar-refractivity contribution in [3.05, 3.63) is 42.2 Å². The molecule has 1 aromatic carbocycles. The summed E-state index contributed by atoms with van der Waals surface area (Å²) >= 11 is 0. The van der Waals surface area contributed by atoms with Crippen LogP contribution in [0.4, 0.5) is 0 Å². The van der Waals surface area contributed by atoms with Crippen LogP contribution in [-0.2, 0) is 21.4 Å². The fourth-order valence-electron chi connectivity index (χ4n) is 2.72. The van der Waals surface area contributed by atoms with Crippen molar-refractivity contribution >= 4 is 15.9 Å². The molecular weight excluding hydrogens is 332 g/mol. The number of benzene rings is 1. The number of sulfonamides is 1. The minimum Gasteiger partial charge on any atom is -0.497 e. The molecule has 2 aromatic rings. The maximum Gasteiger partial charge on any atom is 0.246 e. The molecule has 1 N–H and O–H groups in total. The van der Waals surface area contributed by atoms with Crippen LogP contribution in [0.3, 0.4) is 0 Å². The van der Waals surface area contributed by atoms with E-state index in [2.05, 4.69) is 10.4 Å². The fourth-order valence-corrected chi connectivity index (χ4v) is 4.17. The number of rotatable bonds is 4. The van der Waals surface area contributed by atoms with Gasteiger partial charge < -0.3 is 10.1 Å². The highest BCUT2D eigenvalue weighted by atomic mass is 32.2. The van der Waals surface area contributed by atoms with Crippen molar-refractivity contribution in [2.24, 2.45) is 0 Å². The molecule has 2 heterocycles. The van der Waals surface area contributed by atoms with Gasteiger partial charge in [-0.1, -0.05) is 6.07 Å². The van der Waals surface area contributed by atoms with Crippen LogP contribution in [0.25, 0.3) is 0 Å². The van der Waals surface area contributed by atoms with Gasteiger partial charge in [0.05, 0.1) is 24.2 Å². The molecule has 0 aliphatic carbocycles. The zero-order valence-electron chi connectivity index (χ0n) is 13.3. The quantitative estimate of drug-likeness (QED) is 0.861. The average molecular weight is 350 g/mol. The second-order valence-corrected chi connectivity index (χ2v) is 7.31. The second kappa shape index (κ2) is 6.25. The number of carbonyl (C=O) groups excluding carboxylic acids is 1. The number of amides is 1. The minimum atomic E-state index is -3.76. The van der Waals surface area contributed by atoms with Crippen molar-refractivity contribution in [3.8, 4) is 5.75 Å². The third kappa shape index (κ3) is 2.76. The molecule has 1 aromatic heterocycles. The Bertz CT molecular complexity index is 862. The summed E-state index contributed by atoms with van der Waals surface area (Å²) in [5.41, 5.74) is 0.668. The van der Waals surface area contributed by atoms with Crippen LogP contribution >= 0.6 is 0 Å².